The summed E-state index contributed by atoms with van der Waals surface area (Å²) in [4.78, 5) is 39.9. The third kappa shape index (κ3) is 6.78. The summed E-state index contributed by atoms with van der Waals surface area (Å²) < 4.78 is 12.5. The van der Waals surface area contributed by atoms with Gasteiger partial charge in [0.25, 0.3) is 11.5 Å². The first-order valence-corrected chi connectivity index (χ1v) is 15.1. The van der Waals surface area contributed by atoms with E-state index in [1.807, 2.05) is 27.0 Å². The summed E-state index contributed by atoms with van der Waals surface area (Å²) in [6.07, 6.45) is 4.85. The molecule has 234 valence electrons. The van der Waals surface area contributed by atoms with Gasteiger partial charge in [0.2, 0.25) is 5.95 Å². The zero-order valence-corrected chi connectivity index (χ0v) is 27.3. The van der Waals surface area contributed by atoms with Crippen LogP contribution in [0.1, 0.15) is 26.7 Å². The molecule has 3 aromatic rings. The number of benzene rings is 1. The first kappa shape index (κ1) is 33.1. The molecule has 11 nitrogen and oxygen atoms in total. The van der Waals surface area contributed by atoms with E-state index in [0.717, 1.165) is 12.8 Å². The van der Waals surface area contributed by atoms with Gasteiger partial charge >= 0.3 is 0 Å². The Bertz CT molecular complexity index is 1650. The number of fused-ring (bicyclic) bond motifs is 1. The molecule has 0 radical (unpaired) electrons. The van der Waals surface area contributed by atoms with Crippen LogP contribution < -0.4 is 20.3 Å². The van der Waals surface area contributed by atoms with E-state index in [9.17, 15) is 14.9 Å². The smallest absolute Gasteiger partial charge is 0.264 e. The average Bonchev–Trinajstić information content (AvgIpc) is 3.03. The number of nitriles is 1. The van der Waals surface area contributed by atoms with Crippen molar-refractivity contribution in [3.8, 4) is 28.7 Å². The number of amides is 1. The van der Waals surface area contributed by atoms with E-state index in [2.05, 4.69) is 20.2 Å². The molecule has 4 rings (SSSR count). The van der Waals surface area contributed by atoms with E-state index in [1.54, 1.807) is 40.9 Å². The van der Waals surface area contributed by atoms with Gasteiger partial charge in [0, 0.05) is 62.5 Å². The monoisotopic (exact) mass is 641 g/mol. The van der Waals surface area contributed by atoms with Crippen molar-refractivity contribution in [2.24, 2.45) is 5.92 Å². The van der Waals surface area contributed by atoms with Gasteiger partial charge in [-0.2, -0.15) is 10.2 Å². The van der Waals surface area contributed by atoms with Crippen LogP contribution in [0.25, 0.3) is 22.2 Å². The summed E-state index contributed by atoms with van der Waals surface area (Å²) in [5, 5.41) is 13.4. The molecule has 1 amide bonds. The van der Waals surface area contributed by atoms with Crippen LogP contribution in [0.15, 0.2) is 34.8 Å². The van der Waals surface area contributed by atoms with E-state index in [1.165, 1.54) is 14.2 Å². The van der Waals surface area contributed by atoms with Crippen molar-refractivity contribution in [3.63, 3.8) is 0 Å². The van der Waals surface area contributed by atoms with Gasteiger partial charge in [-0.25, -0.2) is 4.98 Å². The number of ether oxygens (including phenoxy) is 2. The largest absolute Gasteiger partial charge is 0.495 e. The maximum atomic E-state index is 14.2. The van der Waals surface area contributed by atoms with E-state index in [-0.39, 0.29) is 44.6 Å². The second-order valence-corrected chi connectivity index (χ2v) is 11.7. The predicted octanol–water partition coefficient (Wildman–Crippen LogP) is 4.85. The highest BCUT2D eigenvalue weighted by atomic mass is 35.5. The number of carbonyl (C=O) groups is 1. The highest BCUT2D eigenvalue weighted by molar-refractivity contribution is 6.41. The number of aromatic nitrogens is 3. The maximum absolute atomic E-state index is 14.2. The Balaban J connectivity index is 1.64. The van der Waals surface area contributed by atoms with Crippen LogP contribution in [-0.4, -0.2) is 84.2 Å². The summed E-state index contributed by atoms with van der Waals surface area (Å²) in [5.41, 5.74) is 0.899. The molecule has 44 heavy (non-hydrogen) atoms. The second-order valence-electron chi connectivity index (χ2n) is 11.0. The summed E-state index contributed by atoms with van der Waals surface area (Å²) >= 11 is 13.4. The number of likely N-dealkylation sites (N-methyl/N-ethyl adjacent to an activating group) is 1. The normalized spacial score (nSPS) is 14.3. The van der Waals surface area contributed by atoms with Crippen LogP contribution >= 0.6 is 23.2 Å². The van der Waals surface area contributed by atoms with Crippen LogP contribution in [0.4, 0.5) is 5.95 Å². The van der Waals surface area contributed by atoms with Gasteiger partial charge in [0.1, 0.15) is 28.8 Å². The Morgan fingerprint density at radius 1 is 1.20 bits per heavy atom. The minimum Gasteiger partial charge on any atom is -0.495 e. The number of carbonyl (C=O) groups excluding carboxylic acids is 1. The van der Waals surface area contributed by atoms with E-state index in [4.69, 9.17) is 32.7 Å². The lowest BCUT2D eigenvalue weighted by atomic mass is 10.0. The number of hydrogen-bond donors (Lipinski definition) is 1. The standard InChI is InChI=1S/C31H37Cl2N7O4/c1-18(2)13-19(16-34)29(41)39-9-7-21(8-10-39)38(4)11-12-40-28-20(17-36-31(35-3)37-28)14-22(30(40)42)25-26(32)23(43-5)15-24(44-6)27(25)33/h13-15,17-18,21H,7-12H2,1-6H3,(H,35,36,37). The van der Waals surface area contributed by atoms with Crippen molar-refractivity contribution in [2.75, 3.05) is 53.3 Å². The molecule has 0 unspecified atom stereocenters. The number of nitrogens with one attached hydrogen (secondary N) is 1. The van der Waals surface area contributed by atoms with Crippen LogP contribution in [0.5, 0.6) is 11.5 Å². The topological polar surface area (TPSA) is 126 Å². The third-order valence-corrected chi connectivity index (χ3v) is 8.55. The number of halogens is 2. The summed E-state index contributed by atoms with van der Waals surface area (Å²) in [6.45, 7) is 5.85. The lowest BCUT2D eigenvalue weighted by molar-refractivity contribution is -0.128. The van der Waals surface area contributed by atoms with Crippen molar-refractivity contribution in [1.29, 1.82) is 5.26 Å². The van der Waals surface area contributed by atoms with Gasteiger partial charge in [-0.3, -0.25) is 14.2 Å². The molecule has 1 N–H and O–H groups in total. The predicted molar refractivity (Wildman–Crippen MR) is 173 cm³/mol. The number of nitrogens with zero attached hydrogens (tertiary/aromatic N) is 6. The van der Waals surface area contributed by atoms with Gasteiger partial charge in [0.05, 0.1) is 29.8 Å². The van der Waals surface area contributed by atoms with E-state index < -0.39 is 0 Å². The van der Waals surface area contributed by atoms with Crippen molar-refractivity contribution in [3.05, 3.63) is 50.4 Å². The maximum Gasteiger partial charge on any atom is 0.264 e. The second kappa shape index (κ2) is 14.3. The molecule has 0 atom stereocenters. The number of anilines is 1. The molecule has 1 saturated heterocycles. The van der Waals surface area contributed by atoms with Crippen molar-refractivity contribution in [1.82, 2.24) is 24.3 Å². The van der Waals surface area contributed by atoms with Crippen LogP contribution in [0.2, 0.25) is 10.0 Å². The van der Waals surface area contributed by atoms with E-state index >= 15 is 0 Å². The highest BCUT2D eigenvalue weighted by Gasteiger charge is 2.28. The Kier molecular flexibility index (Phi) is 10.7. The first-order chi connectivity index (χ1) is 21.0. The molecule has 1 aromatic carbocycles. The molecule has 0 bridgehead atoms. The third-order valence-electron chi connectivity index (χ3n) is 7.80. The molecule has 1 aliphatic rings. The minimum atomic E-state index is -0.327. The average molecular weight is 643 g/mol. The van der Waals surface area contributed by atoms with Gasteiger partial charge < -0.3 is 24.6 Å². The summed E-state index contributed by atoms with van der Waals surface area (Å²) in [5.74, 6) is 0.918. The number of methoxy groups -OCH3 is 2. The highest BCUT2D eigenvalue weighted by Crippen LogP contribution is 2.45. The molecule has 3 heterocycles. The number of likely N-dealkylation sites (tertiary alicyclic amines) is 1. The van der Waals surface area contributed by atoms with Crippen molar-refractivity contribution >= 4 is 46.1 Å². The van der Waals surface area contributed by atoms with Crippen LogP contribution in [0.3, 0.4) is 0 Å². The molecule has 0 spiro atoms. The minimum absolute atomic E-state index is 0.114. The van der Waals surface area contributed by atoms with Gasteiger partial charge in [0.15, 0.2) is 0 Å². The molecule has 13 heteroatoms. The fourth-order valence-electron chi connectivity index (χ4n) is 5.40. The number of piperidine rings is 1. The Morgan fingerprint density at radius 2 is 1.84 bits per heavy atom. The summed E-state index contributed by atoms with van der Waals surface area (Å²) in [6, 6.07) is 5.50. The molecule has 2 aromatic heterocycles. The lowest BCUT2D eigenvalue weighted by Gasteiger charge is -2.36. The van der Waals surface area contributed by atoms with Crippen molar-refractivity contribution < 1.29 is 14.3 Å². The SMILES string of the molecule is CNc1ncc2cc(-c3c(Cl)c(OC)cc(OC)c3Cl)c(=O)n(CCN(C)C3CCN(C(=O)C(C#N)=CC(C)C)CC3)c2n1. The van der Waals surface area contributed by atoms with Crippen LogP contribution in [-0.2, 0) is 11.3 Å². The fourth-order valence-corrected chi connectivity index (χ4v) is 6.10. The van der Waals surface area contributed by atoms with Crippen LogP contribution in [0, 0.1) is 17.2 Å². The number of pyridine rings is 1. The molecule has 0 aliphatic carbocycles. The van der Waals surface area contributed by atoms with Gasteiger partial charge in [-0.15, -0.1) is 0 Å². The Hall–Kier alpha value is -3.85. The number of rotatable bonds is 10. The number of hydrogen-bond acceptors (Lipinski definition) is 9. The Labute approximate surface area is 267 Å². The fraction of sp³-hybridized carbons (Fsp3) is 0.452. The van der Waals surface area contributed by atoms with Gasteiger partial charge in [-0.1, -0.05) is 43.1 Å². The zero-order chi connectivity index (χ0) is 32.1. The Morgan fingerprint density at radius 3 is 2.39 bits per heavy atom. The molecule has 1 aliphatic heterocycles. The molecular formula is C31H37Cl2N7O4. The quantitative estimate of drug-likeness (QED) is 0.244. The van der Waals surface area contributed by atoms with E-state index in [0.29, 0.717) is 60.2 Å². The lowest BCUT2D eigenvalue weighted by Crippen LogP contribution is -2.46. The zero-order valence-electron chi connectivity index (χ0n) is 25.8. The van der Waals surface area contributed by atoms with Crippen molar-refractivity contribution in [2.45, 2.75) is 39.3 Å². The first-order valence-electron chi connectivity index (χ1n) is 14.3. The summed E-state index contributed by atoms with van der Waals surface area (Å²) in [7, 11) is 6.67. The molecular weight excluding hydrogens is 605 g/mol. The van der Waals surface area contributed by atoms with Gasteiger partial charge in [-0.05, 0) is 31.9 Å². The molecule has 0 saturated carbocycles. The molecule has 1 fully saturated rings. The number of allylic oxidation sites excluding steroid dienone is 1.